The second-order valence-electron chi connectivity index (χ2n) is 2.91. The largest absolute Gasteiger partial charge is 0.508 e. The number of halogens is 1. The molecule has 1 aromatic carbocycles. The molecule has 1 aliphatic heterocycles. The maximum Gasteiger partial charge on any atom is 0.247 e. The Morgan fingerprint density at radius 2 is 2.21 bits per heavy atom. The number of carbonyl (C=O) groups excluding carboxylic acids is 1. The van der Waals surface area contributed by atoms with Crippen LogP contribution in [-0.4, -0.2) is 23.4 Å². The summed E-state index contributed by atoms with van der Waals surface area (Å²) in [4.78, 5) is 14.8. The van der Waals surface area contributed by atoms with Crippen LogP contribution >= 0.6 is 11.6 Å². The Morgan fingerprint density at radius 3 is 2.79 bits per heavy atom. The maximum atomic E-state index is 10.9. The summed E-state index contributed by atoms with van der Waals surface area (Å²) in [5.74, 6) is 0.351. The van der Waals surface area contributed by atoms with Crippen LogP contribution in [0, 0.1) is 0 Å². The van der Waals surface area contributed by atoms with Crippen molar-refractivity contribution >= 4 is 23.3 Å². The molecule has 72 valence electrons. The molecule has 2 N–H and O–H groups in total. The molecule has 0 atom stereocenters. The number of hydrogen-bond acceptors (Lipinski definition) is 3. The van der Waals surface area contributed by atoms with Gasteiger partial charge in [0.2, 0.25) is 5.91 Å². The molecule has 1 amide bonds. The van der Waals surface area contributed by atoms with Crippen molar-refractivity contribution in [2.24, 2.45) is 4.99 Å². The van der Waals surface area contributed by atoms with Gasteiger partial charge in [-0.05, 0) is 18.2 Å². The fourth-order valence-electron chi connectivity index (χ4n) is 1.24. The summed E-state index contributed by atoms with van der Waals surface area (Å²) in [6.45, 7) is 0.128. The Balaban J connectivity index is 2.37. The van der Waals surface area contributed by atoms with Crippen LogP contribution in [0.2, 0.25) is 5.02 Å². The minimum absolute atomic E-state index is 0.0522. The lowest BCUT2D eigenvalue weighted by Gasteiger charge is -2.02. The fraction of sp³-hybridized carbons (Fsp3) is 0.111. The highest BCUT2D eigenvalue weighted by molar-refractivity contribution is 6.31. The molecule has 0 unspecified atom stereocenters. The predicted octanol–water partition coefficient (Wildman–Crippen LogP) is 0.922. The minimum atomic E-state index is -0.153. The topological polar surface area (TPSA) is 61.7 Å². The van der Waals surface area contributed by atoms with E-state index in [0.29, 0.717) is 16.4 Å². The fourth-order valence-corrected chi connectivity index (χ4v) is 1.47. The normalized spacial score (nSPS) is 15.2. The maximum absolute atomic E-state index is 10.9. The van der Waals surface area contributed by atoms with Crippen molar-refractivity contribution in [1.82, 2.24) is 5.32 Å². The Hall–Kier alpha value is -1.55. The summed E-state index contributed by atoms with van der Waals surface area (Å²) in [5, 5.41) is 12.2. The van der Waals surface area contributed by atoms with E-state index in [-0.39, 0.29) is 18.2 Å². The Labute approximate surface area is 85.2 Å². The van der Waals surface area contributed by atoms with E-state index in [0.717, 1.165) is 0 Å². The van der Waals surface area contributed by atoms with Gasteiger partial charge >= 0.3 is 0 Å². The van der Waals surface area contributed by atoms with Crippen LogP contribution in [0.25, 0.3) is 0 Å². The van der Waals surface area contributed by atoms with Crippen LogP contribution in [-0.2, 0) is 4.79 Å². The van der Waals surface area contributed by atoms with Crippen molar-refractivity contribution in [3.05, 3.63) is 28.8 Å². The number of nitrogens with zero attached hydrogens (tertiary/aromatic N) is 1. The average molecular weight is 211 g/mol. The second-order valence-corrected chi connectivity index (χ2v) is 3.35. The van der Waals surface area contributed by atoms with Crippen LogP contribution in [0.4, 0.5) is 0 Å². The van der Waals surface area contributed by atoms with Gasteiger partial charge in [-0.1, -0.05) is 11.6 Å². The van der Waals surface area contributed by atoms with E-state index in [1.165, 1.54) is 12.1 Å². The van der Waals surface area contributed by atoms with Gasteiger partial charge in [-0.15, -0.1) is 0 Å². The third kappa shape index (κ3) is 1.70. The van der Waals surface area contributed by atoms with Gasteiger partial charge in [0.1, 0.15) is 18.1 Å². The summed E-state index contributed by atoms with van der Waals surface area (Å²) in [5.41, 5.74) is 0.612. The lowest BCUT2D eigenvalue weighted by atomic mass is 10.2. The number of aromatic hydroxyl groups is 1. The van der Waals surface area contributed by atoms with Gasteiger partial charge in [0, 0.05) is 10.6 Å². The number of carbonyl (C=O) groups is 1. The molecule has 0 fully saturated rings. The predicted molar refractivity (Wildman–Crippen MR) is 52.7 cm³/mol. The molecule has 4 nitrogen and oxygen atoms in total. The molecule has 1 heterocycles. The molecule has 0 saturated heterocycles. The van der Waals surface area contributed by atoms with E-state index in [1.54, 1.807) is 6.07 Å². The van der Waals surface area contributed by atoms with Crippen molar-refractivity contribution in [1.29, 1.82) is 0 Å². The van der Waals surface area contributed by atoms with Gasteiger partial charge in [0.15, 0.2) is 0 Å². The minimum Gasteiger partial charge on any atom is -0.508 e. The number of amides is 1. The highest BCUT2D eigenvalue weighted by Crippen LogP contribution is 2.20. The Morgan fingerprint density at radius 1 is 1.43 bits per heavy atom. The molecule has 0 spiro atoms. The van der Waals surface area contributed by atoms with E-state index >= 15 is 0 Å². The lowest BCUT2D eigenvalue weighted by Crippen LogP contribution is -2.25. The molecule has 1 aliphatic rings. The smallest absolute Gasteiger partial charge is 0.247 e. The first-order valence-electron chi connectivity index (χ1n) is 3.99. The number of hydrogen-bond donors (Lipinski definition) is 2. The highest BCUT2D eigenvalue weighted by atomic mass is 35.5. The number of phenolic OH excluding ortho intramolecular Hbond substituents is 1. The monoisotopic (exact) mass is 210 g/mol. The number of benzene rings is 1. The third-order valence-electron chi connectivity index (χ3n) is 1.79. The van der Waals surface area contributed by atoms with Crippen molar-refractivity contribution < 1.29 is 9.90 Å². The van der Waals surface area contributed by atoms with Crippen LogP contribution in [0.1, 0.15) is 5.56 Å². The van der Waals surface area contributed by atoms with Crippen molar-refractivity contribution in [3.8, 4) is 5.75 Å². The van der Waals surface area contributed by atoms with Crippen LogP contribution in [0.5, 0.6) is 5.75 Å². The molecular weight excluding hydrogens is 204 g/mol. The highest BCUT2D eigenvalue weighted by Gasteiger charge is 2.15. The quantitative estimate of drug-likeness (QED) is 0.724. The second kappa shape index (κ2) is 3.31. The summed E-state index contributed by atoms with van der Waals surface area (Å²) in [7, 11) is 0. The number of phenols is 1. The van der Waals surface area contributed by atoms with Gasteiger partial charge in [0.05, 0.1) is 0 Å². The molecular formula is C9H7ClN2O2. The van der Waals surface area contributed by atoms with Gasteiger partial charge in [0.25, 0.3) is 0 Å². The molecule has 0 radical (unpaired) electrons. The number of rotatable bonds is 1. The standard InChI is InChI=1S/C9H7ClN2O2/c10-6-1-5(2-7(13)3-6)9-11-4-8(14)12-9/h1-3,13H,4H2,(H,11,12,14). The van der Waals surface area contributed by atoms with Gasteiger partial charge in [-0.25, -0.2) is 0 Å². The average Bonchev–Trinajstić information content (AvgIpc) is 2.50. The third-order valence-corrected chi connectivity index (χ3v) is 2.01. The zero-order valence-electron chi connectivity index (χ0n) is 7.12. The molecule has 14 heavy (non-hydrogen) atoms. The molecule has 0 bridgehead atoms. The van der Waals surface area contributed by atoms with E-state index in [4.69, 9.17) is 11.6 Å². The lowest BCUT2D eigenvalue weighted by molar-refractivity contribution is -0.117. The zero-order chi connectivity index (χ0) is 10.1. The zero-order valence-corrected chi connectivity index (χ0v) is 7.88. The van der Waals surface area contributed by atoms with Gasteiger partial charge in [-0.3, -0.25) is 9.79 Å². The van der Waals surface area contributed by atoms with Gasteiger partial charge < -0.3 is 10.4 Å². The van der Waals surface area contributed by atoms with E-state index < -0.39 is 0 Å². The summed E-state index contributed by atoms with van der Waals surface area (Å²) in [6.07, 6.45) is 0. The van der Waals surface area contributed by atoms with Crippen molar-refractivity contribution in [2.75, 3.05) is 6.54 Å². The first-order valence-corrected chi connectivity index (χ1v) is 4.37. The molecule has 0 aliphatic carbocycles. The van der Waals surface area contributed by atoms with E-state index in [9.17, 15) is 9.90 Å². The number of amidine groups is 1. The molecule has 2 rings (SSSR count). The van der Waals surface area contributed by atoms with Crippen LogP contribution in [0.15, 0.2) is 23.2 Å². The Bertz CT molecular complexity index is 409. The summed E-state index contributed by atoms with van der Waals surface area (Å²) < 4.78 is 0. The SMILES string of the molecule is O=C1CN=C(c2cc(O)cc(Cl)c2)N1. The number of nitrogens with one attached hydrogen (secondary N) is 1. The van der Waals surface area contributed by atoms with Crippen molar-refractivity contribution in [2.45, 2.75) is 0 Å². The number of aliphatic imine (C=N–C) groups is 1. The van der Waals surface area contributed by atoms with Crippen LogP contribution < -0.4 is 5.32 Å². The van der Waals surface area contributed by atoms with Crippen LogP contribution in [0.3, 0.4) is 0 Å². The first kappa shape index (κ1) is 9.02. The molecule has 0 aromatic heterocycles. The molecule has 0 saturated carbocycles. The molecule has 1 aromatic rings. The summed E-state index contributed by atoms with van der Waals surface area (Å²) in [6, 6.07) is 4.55. The van der Waals surface area contributed by atoms with E-state index in [2.05, 4.69) is 10.3 Å². The molecule has 5 heteroatoms. The Kier molecular flexibility index (Phi) is 2.13. The van der Waals surface area contributed by atoms with Crippen molar-refractivity contribution in [3.63, 3.8) is 0 Å². The first-order chi connectivity index (χ1) is 6.65. The summed E-state index contributed by atoms with van der Waals surface area (Å²) >= 11 is 5.74. The van der Waals surface area contributed by atoms with E-state index in [1.807, 2.05) is 0 Å². The van der Waals surface area contributed by atoms with Gasteiger partial charge in [-0.2, -0.15) is 0 Å².